The van der Waals surface area contributed by atoms with Gasteiger partial charge >= 0.3 is 5.97 Å². The van der Waals surface area contributed by atoms with Crippen LogP contribution in [0.2, 0.25) is 0 Å². The maximum atomic E-state index is 12.3. The standard InChI is InChI=1S/C20H22N2O7/c1-12-6-5-7-16(10-12)28-14(3)20(24)29-13(2)19(23)21-17-9-8-15(22(25)26)11-18(17)27-4/h5-11,13-14H,1-4H3,(H,21,23)/t13-,14-/m0/s1. The molecule has 2 atom stereocenters. The van der Waals surface area contributed by atoms with E-state index in [9.17, 15) is 19.7 Å². The number of amides is 1. The zero-order valence-electron chi connectivity index (χ0n) is 16.5. The van der Waals surface area contributed by atoms with Gasteiger partial charge in [-0.3, -0.25) is 14.9 Å². The van der Waals surface area contributed by atoms with E-state index in [0.29, 0.717) is 5.75 Å². The van der Waals surface area contributed by atoms with Crippen molar-refractivity contribution in [2.45, 2.75) is 33.0 Å². The molecule has 0 spiro atoms. The van der Waals surface area contributed by atoms with Crippen molar-refractivity contribution in [1.82, 2.24) is 0 Å². The Hall–Kier alpha value is -3.62. The molecule has 0 bridgehead atoms. The van der Waals surface area contributed by atoms with Gasteiger partial charge in [0.25, 0.3) is 11.6 Å². The lowest BCUT2D eigenvalue weighted by Crippen LogP contribution is -2.35. The van der Waals surface area contributed by atoms with Gasteiger partial charge in [-0.05, 0) is 44.5 Å². The smallest absolute Gasteiger partial charge is 0.347 e. The topological polar surface area (TPSA) is 117 Å². The lowest BCUT2D eigenvalue weighted by atomic mass is 10.2. The molecule has 9 heteroatoms. The van der Waals surface area contributed by atoms with Gasteiger partial charge in [-0.15, -0.1) is 0 Å². The number of carbonyl (C=O) groups is 2. The molecular weight excluding hydrogens is 380 g/mol. The molecule has 29 heavy (non-hydrogen) atoms. The molecular formula is C20H22N2O7. The van der Waals surface area contributed by atoms with Crippen LogP contribution in [0.3, 0.4) is 0 Å². The number of esters is 1. The molecule has 1 amide bonds. The predicted molar refractivity (Wildman–Crippen MR) is 105 cm³/mol. The molecule has 154 valence electrons. The van der Waals surface area contributed by atoms with Gasteiger partial charge in [0.15, 0.2) is 12.2 Å². The van der Waals surface area contributed by atoms with Crippen LogP contribution in [0, 0.1) is 17.0 Å². The first-order chi connectivity index (χ1) is 13.7. The third-order valence-electron chi connectivity index (χ3n) is 3.95. The summed E-state index contributed by atoms with van der Waals surface area (Å²) in [6.45, 7) is 4.83. The van der Waals surface area contributed by atoms with Crippen molar-refractivity contribution in [2.24, 2.45) is 0 Å². The second kappa shape index (κ2) is 9.54. The van der Waals surface area contributed by atoms with E-state index in [2.05, 4.69) is 5.32 Å². The van der Waals surface area contributed by atoms with Crippen LogP contribution in [-0.4, -0.2) is 36.1 Å². The van der Waals surface area contributed by atoms with Crippen molar-refractivity contribution in [1.29, 1.82) is 0 Å². The normalized spacial score (nSPS) is 12.4. The average Bonchev–Trinajstić information content (AvgIpc) is 2.67. The number of anilines is 1. The lowest BCUT2D eigenvalue weighted by molar-refractivity contribution is -0.384. The molecule has 2 rings (SSSR count). The van der Waals surface area contributed by atoms with Crippen molar-refractivity contribution in [2.75, 3.05) is 12.4 Å². The van der Waals surface area contributed by atoms with Crippen molar-refractivity contribution >= 4 is 23.3 Å². The van der Waals surface area contributed by atoms with Gasteiger partial charge in [-0.1, -0.05) is 12.1 Å². The number of aryl methyl sites for hydroxylation is 1. The Labute approximate surface area is 167 Å². The molecule has 0 saturated carbocycles. The molecule has 0 unspecified atom stereocenters. The summed E-state index contributed by atoms with van der Waals surface area (Å²) in [7, 11) is 1.32. The molecule has 0 aliphatic rings. The van der Waals surface area contributed by atoms with Gasteiger partial charge in [-0.25, -0.2) is 4.79 Å². The minimum atomic E-state index is -1.12. The molecule has 0 radical (unpaired) electrons. The van der Waals surface area contributed by atoms with E-state index in [4.69, 9.17) is 14.2 Å². The van der Waals surface area contributed by atoms with E-state index in [1.807, 2.05) is 13.0 Å². The minimum absolute atomic E-state index is 0.113. The Bertz CT molecular complexity index is 913. The van der Waals surface area contributed by atoms with Gasteiger partial charge in [0.1, 0.15) is 11.5 Å². The van der Waals surface area contributed by atoms with E-state index in [-0.39, 0.29) is 17.1 Å². The van der Waals surface area contributed by atoms with E-state index < -0.39 is 29.0 Å². The van der Waals surface area contributed by atoms with Crippen molar-refractivity contribution < 1.29 is 28.7 Å². The van der Waals surface area contributed by atoms with Gasteiger partial charge in [0, 0.05) is 6.07 Å². The summed E-state index contributed by atoms with van der Waals surface area (Å²) in [5.41, 5.74) is 1.02. The number of methoxy groups -OCH3 is 1. The maximum Gasteiger partial charge on any atom is 0.347 e. The summed E-state index contributed by atoms with van der Waals surface area (Å²) in [5.74, 6) is -0.692. The number of ether oxygens (including phenoxy) is 3. The summed E-state index contributed by atoms with van der Waals surface area (Å²) in [5, 5.41) is 13.4. The fourth-order valence-corrected chi connectivity index (χ4v) is 2.40. The van der Waals surface area contributed by atoms with Crippen molar-refractivity contribution in [3.05, 3.63) is 58.1 Å². The number of nitrogens with zero attached hydrogens (tertiary/aromatic N) is 1. The quantitative estimate of drug-likeness (QED) is 0.409. The van der Waals surface area contributed by atoms with Crippen molar-refractivity contribution in [3.8, 4) is 11.5 Å². The minimum Gasteiger partial charge on any atom is -0.494 e. The monoisotopic (exact) mass is 402 g/mol. The van der Waals surface area contributed by atoms with Gasteiger partial charge in [-0.2, -0.15) is 0 Å². The molecule has 0 heterocycles. The molecule has 0 aromatic heterocycles. The Kier molecular flexibility index (Phi) is 7.13. The SMILES string of the molecule is COc1cc([N+](=O)[O-])ccc1NC(=O)[C@H](C)OC(=O)[C@H](C)Oc1cccc(C)c1. The number of nitro groups is 1. The molecule has 9 nitrogen and oxygen atoms in total. The zero-order valence-corrected chi connectivity index (χ0v) is 16.5. The Morgan fingerprint density at radius 1 is 1.10 bits per heavy atom. The third kappa shape index (κ3) is 5.93. The summed E-state index contributed by atoms with van der Waals surface area (Å²) in [6, 6.07) is 10.9. The molecule has 2 aromatic rings. The highest BCUT2D eigenvalue weighted by Crippen LogP contribution is 2.29. The van der Waals surface area contributed by atoms with E-state index >= 15 is 0 Å². The fourth-order valence-electron chi connectivity index (χ4n) is 2.40. The van der Waals surface area contributed by atoms with Crippen LogP contribution in [0.1, 0.15) is 19.4 Å². The number of nitrogens with one attached hydrogen (secondary N) is 1. The Morgan fingerprint density at radius 3 is 2.45 bits per heavy atom. The summed E-state index contributed by atoms with van der Waals surface area (Å²) >= 11 is 0. The van der Waals surface area contributed by atoms with Crippen molar-refractivity contribution in [3.63, 3.8) is 0 Å². The van der Waals surface area contributed by atoms with Crippen LogP contribution < -0.4 is 14.8 Å². The molecule has 0 saturated heterocycles. The first-order valence-corrected chi connectivity index (χ1v) is 8.78. The zero-order chi connectivity index (χ0) is 21.6. The van der Waals surface area contributed by atoms with E-state index in [1.165, 1.54) is 39.2 Å². The highest BCUT2D eigenvalue weighted by Gasteiger charge is 2.24. The van der Waals surface area contributed by atoms with Crippen LogP contribution in [-0.2, 0) is 14.3 Å². The number of non-ortho nitro benzene ring substituents is 1. The van der Waals surface area contributed by atoms with Crippen LogP contribution >= 0.6 is 0 Å². The van der Waals surface area contributed by atoms with Crippen LogP contribution in [0.4, 0.5) is 11.4 Å². The molecule has 2 aromatic carbocycles. The number of carbonyl (C=O) groups excluding carboxylic acids is 2. The highest BCUT2D eigenvalue weighted by molar-refractivity contribution is 5.96. The number of rotatable bonds is 8. The third-order valence-corrected chi connectivity index (χ3v) is 3.95. The number of hydrogen-bond donors (Lipinski definition) is 1. The summed E-state index contributed by atoms with van der Waals surface area (Å²) in [4.78, 5) is 34.8. The van der Waals surface area contributed by atoms with Crippen LogP contribution in [0.5, 0.6) is 11.5 Å². The summed E-state index contributed by atoms with van der Waals surface area (Å²) < 4.78 is 15.8. The molecule has 1 N–H and O–H groups in total. The second-order valence-electron chi connectivity index (χ2n) is 6.29. The first kappa shape index (κ1) is 21.7. The van der Waals surface area contributed by atoms with Crippen LogP contribution in [0.15, 0.2) is 42.5 Å². The van der Waals surface area contributed by atoms with E-state index in [0.717, 1.165) is 5.56 Å². The average molecular weight is 402 g/mol. The number of nitro benzene ring substituents is 1. The Balaban J connectivity index is 1.97. The van der Waals surface area contributed by atoms with Crippen LogP contribution in [0.25, 0.3) is 0 Å². The molecule has 0 aliphatic heterocycles. The molecule has 0 aliphatic carbocycles. The number of benzene rings is 2. The lowest BCUT2D eigenvalue weighted by Gasteiger charge is -2.18. The largest absolute Gasteiger partial charge is 0.494 e. The maximum absolute atomic E-state index is 12.3. The highest BCUT2D eigenvalue weighted by atomic mass is 16.6. The second-order valence-corrected chi connectivity index (χ2v) is 6.29. The van der Waals surface area contributed by atoms with Gasteiger partial charge in [0.05, 0.1) is 23.8 Å². The predicted octanol–water partition coefficient (Wildman–Crippen LogP) is 3.25. The fraction of sp³-hybridized carbons (Fsp3) is 0.300. The molecule has 0 fully saturated rings. The Morgan fingerprint density at radius 2 is 1.83 bits per heavy atom. The number of hydrogen-bond acceptors (Lipinski definition) is 7. The van der Waals surface area contributed by atoms with E-state index in [1.54, 1.807) is 18.2 Å². The van der Waals surface area contributed by atoms with Gasteiger partial charge < -0.3 is 19.5 Å². The first-order valence-electron chi connectivity index (χ1n) is 8.78. The summed E-state index contributed by atoms with van der Waals surface area (Å²) in [6.07, 6.45) is -2.04. The van der Waals surface area contributed by atoms with Gasteiger partial charge in [0.2, 0.25) is 0 Å².